The number of nitrogens with one attached hydrogen (secondary N) is 1. The van der Waals surface area contributed by atoms with Crippen molar-refractivity contribution in [3.8, 4) is 0 Å². The third-order valence-electron chi connectivity index (χ3n) is 5.29. The lowest BCUT2D eigenvalue weighted by atomic mass is 10.1. The van der Waals surface area contributed by atoms with Gasteiger partial charge in [-0.25, -0.2) is 0 Å². The fourth-order valence-electron chi connectivity index (χ4n) is 3.33. The molecule has 0 spiro atoms. The van der Waals surface area contributed by atoms with Crippen LogP contribution < -0.4 is 5.32 Å². The Bertz CT molecular complexity index is 910. The molecule has 1 aliphatic rings. The number of hydrogen-bond acceptors (Lipinski definition) is 4. The van der Waals surface area contributed by atoms with Gasteiger partial charge in [-0.2, -0.15) is 0 Å². The zero-order valence-electron chi connectivity index (χ0n) is 17.0. The maximum absolute atomic E-state index is 12.5. The first-order valence-corrected chi connectivity index (χ1v) is 9.74. The molecule has 1 N–H and O–H groups in total. The summed E-state index contributed by atoms with van der Waals surface area (Å²) in [5.74, 6) is -1.54. The van der Waals surface area contributed by atoms with Gasteiger partial charge >= 0.3 is 5.97 Å². The van der Waals surface area contributed by atoms with Crippen LogP contribution in [0.5, 0.6) is 0 Å². The lowest BCUT2D eigenvalue weighted by Gasteiger charge is -2.18. The third-order valence-corrected chi connectivity index (χ3v) is 5.29. The van der Waals surface area contributed by atoms with Crippen LogP contribution in [0.15, 0.2) is 48.5 Å². The number of amides is 2. The van der Waals surface area contributed by atoms with Crippen LogP contribution in [0.3, 0.4) is 0 Å². The van der Waals surface area contributed by atoms with E-state index in [1.54, 1.807) is 4.90 Å². The van der Waals surface area contributed by atoms with Crippen molar-refractivity contribution in [1.29, 1.82) is 0 Å². The minimum absolute atomic E-state index is 0.0803. The highest BCUT2D eigenvalue weighted by Crippen LogP contribution is 2.23. The van der Waals surface area contributed by atoms with Crippen molar-refractivity contribution in [2.24, 2.45) is 5.92 Å². The van der Waals surface area contributed by atoms with Gasteiger partial charge in [0.2, 0.25) is 5.91 Å². The summed E-state index contributed by atoms with van der Waals surface area (Å²) in [6.07, 6.45) is -0.836. The molecule has 2 atom stereocenters. The monoisotopic (exact) mass is 394 g/mol. The number of carbonyl (C=O) groups is 3. The van der Waals surface area contributed by atoms with E-state index in [0.29, 0.717) is 18.8 Å². The standard InChI is InChI=1S/C23H26N2O4/c1-15-8-7-11-20(16(15)2)24-22(27)17(3)29-23(28)19-12-21(26)25(14-19)13-18-9-5-4-6-10-18/h4-11,17,19H,12-14H2,1-3H3,(H,24,27)/t17-,19+/m0/s1. The minimum Gasteiger partial charge on any atom is -0.452 e. The Hall–Kier alpha value is -3.15. The SMILES string of the molecule is Cc1cccc(NC(=O)[C@H](C)OC(=O)[C@@H]2CC(=O)N(Cc3ccccc3)C2)c1C. The highest BCUT2D eigenvalue weighted by Gasteiger charge is 2.36. The number of benzene rings is 2. The molecule has 152 valence electrons. The van der Waals surface area contributed by atoms with Crippen LogP contribution in [0.4, 0.5) is 5.69 Å². The molecule has 6 nitrogen and oxygen atoms in total. The molecule has 0 aliphatic carbocycles. The van der Waals surface area contributed by atoms with Crippen molar-refractivity contribution in [3.63, 3.8) is 0 Å². The van der Waals surface area contributed by atoms with Gasteiger partial charge in [-0.1, -0.05) is 42.5 Å². The van der Waals surface area contributed by atoms with Crippen molar-refractivity contribution >= 4 is 23.5 Å². The van der Waals surface area contributed by atoms with Gasteiger partial charge in [-0.3, -0.25) is 14.4 Å². The van der Waals surface area contributed by atoms with Crippen LogP contribution in [0.25, 0.3) is 0 Å². The molecular weight excluding hydrogens is 368 g/mol. The third kappa shape index (κ3) is 5.02. The Morgan fingerprint density at radius 1 is 1.14 bits per heavy atom. The van der Waals surface area contributed by atoms with Gasteiger partial charge < -0.3 is 15.0 Å². The van der Waals surface area contributed by atoms with Crippen molar-refractivity contribution in [2.75, 3.05) is 11.9 Å². The van der Waals surface area contributed by atoms with E-state index in [1.165, 1.54) is 6.92 Å². The largest absolute Gasteiger partial charge is 0.452 e. The van der Waals surface area contributed by atoms with Gasteiger partial charge in [0.25, 0.3) is 5.91 Å². The second kappa shape index (κ2) is 8.90. The first kappa shape index (κ1) is 20.6. The Balaban J connectivity index is 1.54. The zero-order chi connectivity index (χ0) is 21.0. The van der Waals surface area contributed by atoms with Crippen molar-refractivity contribution in [1.82, 2.24) is 4.90 Å². The Morgan fingerprint density at radius 3 is 2.59 bits per heavy atom. The predicted molar refractivity (Wildman–Crippen MR) is 110 cm³/mol. The summed E-state index contributed by atoms with van der Waals surface area (Å²) >= 11 is 0. The molecule has 0 radical (unpaired) electrons. The van der Waals surface area contributed by atoms with Gasteiger partial charge in [0.1, 0.15) is 0 Å². The fourth-order valence-corrected chi connectivity index (χ4v) is 3.33. The number of likely N-dealkylation sites (tertiary alicyclic amines) is 1. The summed E-state index contributed by atoms with van der Waals surface area (Å²) in [4.78, 5) is 38.8. The molecule has 1 heterocycles. The predicted octanol–water partition coefficient (Wildman–Crippen LogP) is 3.22. The topological polar surface area (TPSA) is 75.7 Å². The molecular formula is C23H26N2O4. The van der Waals surface area contributed by atoms with E-state index in [2.05, 4.69) is 5.32 Å². The summed E-state index contributed by atoms with van der Waals surface area (Å²) in [7, 11) is 0. The van der Waals surface area contributed by atoms with Gasteiger partial charge in [-0.05, 0) is 43.5 Å². The molecule has 0 saturated carbocycles. The number of aryl methyl sites for hydroxylation is 1. The van der Waals surface area contributed by atoms with Crippen molar-refractivity contribution < 1.29 is 19.1 Å². The Labute approximate surface area is 170 Å². The second-order valence-electron chi connectivity index (χ2n) is 7.48. The van der Waals surface area contributed by atoms with E-state index >= 15 is 0 Å². The first-order chi connectivity index (χ1) is 13.8. The molecule has 3 rings (SSSR count). The molecule has 2 aromatic rings. The van der Waals surface area contributed by atoms with E-state index in [-0.39, 0.29) is 12.3 Å². The summed E-state index contributed by atoms with van der Waals surface area (Å²) in [6, 6.07) is 15.3. The average Bonchev–Trinajstić information content (AvgIpc) is 3.06. The summed E-state index contributed by atoms with van der Waals surface area (Å²) in [5.41, 5.74) is 3.74. The quantitative estimate of drug-likeness (QED) is 0.764. The smallest absolute Gasteiger partial charge is 0.312 e. The van der Waals surface area contributed by atoms with Crippen LogP contribution in [-0.4, -0.2) is 35.3 Å². The molecule has 0 aromatic heterocycles. The van der Waals surface area contributed by atoms with E-state index in [4.69, 9.17) is 4.74 Å². The van der Waals surface area contributed by atoms with Gasteiger partial charge in [0, 0.05) is 25.2 Å². The molecule has 6 heteroatoms. The first-order valence-electron chi connectivity index (χ1n) is 9.74. The number of hydrogen-bond donors (Lipinski definition) is 1. The highest BCUT2D eigenvalue weighted by molar-refractivity contribution is 5.96. The summed E-state index contributed by atoms with van der Waals surface area (Å²) in [6.45, 7) is 6.20. The zero-order valence-corrected chi connectivity index (χ0v) is 17.0. The maximum Gasteiger partial charge on any atom is 0.312 e. The van der Waals surface area contributed by atoms with Crippen LogP contribution in [0.1, 0.15) is 30.0 Å². The van der Waals surface area contributed by atoms with Crippen LogP contribution in [0, 0.1) is 19.8 Å². The maximum atomic E-state index is 12.5. The van der Waals surface area contributed by atoms with Gasteiger partial charge in [0.05, 0.1) is 5.92 Å². The lowest BCUT2D eigenvalue weighted by Crippen LogP contribution is -2.33. The second-order valence-corrected chi connectivity index (χ2v) is 7.48. The molecule has 2 aromatic carbocycles. The van der Waals surface area contributed by atoms with E-state index in [1.807, 2.05) is 62.4 Å². The van der Waals surface area contributed by atoms with Crippen molar-refractivity contribution in [2.45, 2.75) is 39.8 Å². The van der Waals surface area contributed by atoms with Crippen molar-refractivity contribution in [3.05, 3.63) is 65.2 Å². The lowest BCUT2D eigenvalue weighted by molar-refractivity contribution is -0.157. The van der Waals surface area contributed by atoms with Crippen LogP contribution >= 0.6 is 0 Å². The van der Waals surface area contributed by atoms with Crippen LogP contribution in [0.2, 0.25) is 0 Å². The number of rotatable bonds is 6. The van der Waals surface area contributed by atoms with Crippen LogP contribution in [-0.2, 0) is 25.7 Å². The van der Waals surface area contributed by atoms with E-state index < -0.39 is 23.9 Å². The molecule has 0 unspecified atom stereocenters. The number of nitrogens with zero attached hydrogens (tertiary/aromatic N) is 1. The summed E-state index contributed by atoms with van der Waals surface area (Å²) < 4.78 is 5.36. The number of esters is 1. The average molecular weight is 394 g/mol. The van der Waals surface area contributed by atoms with Gasteiger partial charge in [-0.15, -0.1) is 0 Å². The number of carbonyl (C=O) groups excluding carboxylic acids is 3. The number of ether oxygens (including phenoxy) is 1. The molecule has 1 fully saturated rings. The Kier molecular flexibility index (Phi) is 6.32. The Morgan fingerprint density at radius 2 is 1.86 bits per heavy atom. The summed E-state index contributed by atoms with van der Waals surface area (Å²) in [5, 5.41) is 2.80. The number of anilines is 1. The minimum atomic E-state index is -0.944. The molecule has 1 saturated heterocycles. The molecule has 2 amide bonds. The van der Waals surface area contributed by atoms with E-state index in [9.17, 15) is 14.4 Å². The molecule has 29 heavy (non-hydrogen) atoms. The molecule has 0 bridgehead atoms. The van der Waals surface area contributed by atoms with E-state index in [0.717, 1.165) is 16.7 Å². The fraction of sp³-hybridized carbons (Fsp3) is 0.348. The van der Waals surface area contributed by atoms with Gasteiger partial charge in [0.15, 0.2) is 6.10 Å². The molecule has 1 aliphatic heterocycles. The normalized spacial score (nSPS) is 17.1. The highest BCUT2D eigenvalue weighted by atomic mass is 16.5.